The number of nitrogens with zero attached hydrogens (tertiary/aromatic N) is 1. The van der Waals surface area contributed by atoms with Crippen LogP contribution >= 0.6 is 0 Å². The molecule has 0 radical (unpaired) electrons. The Morgan fingerprint density at radius 1 is 0.833 bits per heavy atom. The normalized spacial score (nSPS) is 10.4. The van der Waals surface area contributed by atoms with Gasteiger partial charge in [-0.3, -0.25) is 4.79 Å². The number of rotatable bonds is 5. The zero-order valence-corrected chi connectivity index (χ0v) is 14.1. The first-order valence-electron chi connectivity index (χ1n) is 8.23. The first-order valence-corrected chi connectivity index (χ1v) is 8.23. The van der Waals surface area contributed by atoms with Gasteiger partial charge in [0.05, 0.1) is 5.69 Å². The van der Waals surface area contributed by atoms with Gasteiger partial charge in [-0.05, 0) is 60.9 Å². The van der Waals surface area contributed by atoms with E-state index in [2.05, 4.69) is 49.1 Å². The molecule has 0 bridgehead atoms. The van der Waals surface area contributed by atoms with Crippen molar-refractivity contribution >= 4 is 23.3 Å². The van der Waals surface area contributed by atoms with Crippen molar-refractivity contribution in [3.05, 3.63) is 89.5 Å². The minimum Gasteiger partial charge on any atom is -0.310 e. The molecule has 0 aliphatic heterocycles. The Hall–Kier alpha value is -2.87. The molecule has 0 saturated carbocycles. The van der Waals surface area contributed by atoms with E-state index in [4.69, 9.17) is 0 Å². The number of benzene rings is 3. The Kier molecular flexibility index (Phi) is 4.76. The highest BCUT2D eigenvalue weighted by atomic mass is 16.1. The van der Waals surface area contributed by atoms with Gasteiger partial charge in [-0.1, -0.05) is 43.3 Å². The number of anilines is 3. The van der Waals surface area contributed by atoms with E-state index in [-0.39, 0.29) is 0 Å². The van der Waals surface area contributed by atoms with Crippen molar-refractivity contribution in [3.63, 3.8) is 0 Å². The number of aldehydes is 1. The molecule has 0 N–H and O–H groups in total. The zero-order valence-electron chi connectivity index (χ0n) is 14.1. The van der Waals surface area contributed by atoms with Gasteiger partial charge in [0.25, 0.3) is 0 Å². The van der Waals surface area contributed by atoms with Crippen LogP contribution in [-0.4, -0.2) is 6.29 Å². The summed E-state index contributed by atoms with van der Waals surface area (Å²) in [4.78, 5) is 13.2. The van der Waals surface area contributed by atoms with Crippen LogP contribution in [0, 0.1) is 6.92 Å². The van der Waals surface area contributed by atoms with Crippen molar-refractivity contribution in [1.29, 1.82) is 0 Å². The molecule has 3 rings (SSSR count). The van der Waals surface area contributed by atoms with Crippen LogP contribution in [0.5, 0.6) is 0 Å². The number of hydrogen-bond acceptors (Lipinski definition) is 2. The van der Waals surface area contributed by atoms with Gasteiger partial charge in [-0.15, -0.1) is 0 Å². The first kappa shape index (κ1) is 16.0. The van der Waals surface area contributed by atoms with Crippen LogP contribution in [0.3, 0.4) is 0 Å². The molecule has 0 heterocycles. The van der Waals surface area contributed by atoms with Crippen molar-refractivity contribution in [3.8, 4) is 0 Å². The fourth-order valence-electron chi connectivity index (χ4n) is 3.01. The number of hydrogen-bond donors (Lipinski definition) is 0. The number of carbonyl (C=O) groups is 1. The quantitative estimate of drug-likeness (QED) is 0.551. The molecule has 0 unspecified atom stereocenters. The van der Waals surface area contributed by atoms with Crippen molar-refractivity contribution < 1.29 is 4.79 Å². The summed E-state index contributed by atoms with van der Waals surface area (Å²) in [5.74, 6) is 0. The average Bonchev–Trinajstić information content (AvgIpc) is 2.64. The summed E-state index contributed by atoms with van der Waals surface area (Å²) in [6.45, 7) is 4.32. The van der Waals surface area contributed by atoms with E-state index < -0.39 is 0 Å². The molecule has 0 aromatic heterocycles. The van der Waals surface area contributed by atoms with E-state index in [1.54, 1.807) is 0 Å². The molecule has 0 fully saturated rings. The summed E-state index contributed by atoms with van der Waals surface area (Å²) in [5, 5.41) is 0. The number of aryl methyl sites for hydroxylation is 2. The van der Waals surface area contributed by atoms with E-state index in [0.717, 1.165) is 24.1 Å². The highest BCUT2D eigenvalue weighted by Crippen LogP contribution is 2.38. The molecule has 0 spiro atoms. The summed E-state index contributed by atoms with van der Waals surface area (Å²) in [7, 11) is 0. The molecule has 0 atom stereocenters. The van der Waals surface area contributed by atoms with E-state index in [9.17, 15) is 4.79 Å². The van der Waals surface area contributed by atoms with Crippen LogP contribution in [0.4, 0.5) is 17.1 Å². The van der Waals surface area contributed by atoms with Gasteiger partial charge in [0, 0.05) is 16.9 Å². The zero-order chi connectivity index (χ0) is 16.9. The third kappa shape index (κ3) is 3.09. The predicted molar refractivity (Wildman–Crippen MR) is 101 cm³/mol. The SMILES string of the molecule is CCc1cccc(C)c1N(c1ccccc1)c1ccc(C=O)cc1. The predicted octanol–water partition coefficient (Wildman–Crippen LogP) is 5.84. The van der Waals surface area contributed by atoms with E-state index in [1.165, 1.54) is 16.8 Å². The fraction of sp³-hybridized carbons (Fsp3) is 0.136. The molecule has 2 nitrogen and oxygen atoms in total. The van der Waals surface area contributed by atoms with Crippen LogP contribution in [-0.2, 0) is 6.42 Å². The summed E-state index contributed by atoms with van der Waals surface area (Å²) in [6.07, 6.45) is 1.84. The van der Waals surface area contributed by atoms with Gasteiger partial charge >= 0.3 is 0 Å². The van der Waals surface area contributed by atoms with Crippen molar-refractivity contribution in [2.24, 2.45) is 0 Å². The van der Waals surface area contributed by atoms with E-state index >= 15 is 0 Å². The maximum Gasteiger partial charge on any atom is 0.150 e. The second kappa shape index (κ2) is 7.14. The van der Waals surface area contributed by atoms with Crippen LogP contribution in [0.25, 0.3) is 0 Å². The minimum atomic E-state index is 0.687. The Labute approximate surface area is 143 Å². The fourth-order valence-corrected chi connectivity index (χ4v) is 3.01. The molecule has 0 aliphatic carbocycles. The molecule has 3 aromatic rings. The summed E-state index contributed by atoms with van der Waals surface area (Å²) in [5.41, 5.74) is 6.60. The van der Waals surface area contributed by atoms with Gasteiger partial charge in [-0.2, -0.15) is 0 Å². The lowest BCUT2D eigenvalue weighted by Gasteiger charge is -2.29. The molecular weight excluding hydrogens is 294 g/mol. The molecule has 0 aliphatic rings. The average molecular weight is 315 g/mol. The molecule has 120 valence electrons. The molecule has 2 heteroatoms. The van der Waals surface area contributed by atoms with E-state index in [0.29, 0.717) is 5.56 Å². The molecular formula is C22H21NO. The van der Waals surface area contributed by atoms with Crippen molar-refractivity contribution in [2.75, 3.05) is 4.90 Å². The highest BCUT2D eigenvalue weighted by molar-refractivity contribution is 5.82. The van der Waals surface area contributed by atoms with Crippen molar-refractivity contribution in [1.82, 2.24) is 0 Å². The van der Waals surface area contributed by atoms with Gasteiger partial charge < -0.3 is 4.90 Å². The van der Waals surface area contributed by atoms with Crippen LogP contribution in [0.2, 0.25) is 0 Å². The van der Waals surface area contributed by atoms with Crippen LogP contribution in [0.1, 0.15) is 28.4 Å². The molecule has 24 heavy (non-hydrogen) atoms. The van der Waals surface area contributed by atoms with Gasteiger partial charge in [0.2, 0.25) is 0 Å². The van der Waals surface area contributed by atoms with Gasteiger partial charge in [0.15, 0.2) is 0 Å². The summed E-state index contributed by atoms with van der Waals surface area (Å²) < 4.78 is 0. The standard InChI is InChI=1S/C22H21NO/c1-3-19-9-7-8-17(2)22(19)23(20-10-5-4-6-11-20)21-14-12-18(16-24)13-15-21/h4-16H,3H2,1-2H3. The lowest BCUT2D eigenvalue weighted by molar-refractivity contribution is 0.112. The number of para-hydroxylation sites is 2. The largest absolute Gasteiger partial charge is 0.310 e. The molecule has 0 amide bonds. The highest BCUT2D eigenvalue weighted by Gasteiger charge is 2.17. The van der Waals surface area contributed by atoms with Crippen LogP contribution < -0.4 is 4.90 Å². The Balaban J connectivity index is 2.21. The molecule has 0 saturated heterocycles. The Bertz CT molecular complexity index is 822. The molecule has 3 aromatic carbocycles. The lowest BCUT2D eigenvalue weighted by Crippen LogP contribution is -2.13. The minimum absolute atomic E-state index is 0.687. The maximum absolute atomic E-state index is 11.0. The second-order valence-electron chi connectivity index (χ2n) is 5.82. The van der Waals surface area contributed by atoms with Gasteiger partial charge in [0.1, 0.15) is 6.29 Å². The Morgan fingerprint density at radius 3 is 2.12 bits per heavy atom. The smallest absolute Gasteiger partial charge is 0.150 e. The van der Waals surface area contributed by atoms with E-state index in [1.807, 2.05) is 42.5 Å². The summed E-state index contributed by atoms with van der Waals surface area (Å²) >= 11 is 0. The summed E-state index contributed by atoms with van der Waals surface area (Å²) in [6, 6.07) is 24.5. The first-order chi connectivity index (χ1) is 11.7. The van der Waals surface area contributed by atoms with Crippen LogP contribution in [0.15, 0.2) is 72.8 Å². The topological polar surface area (TPSA) is 20.3 Å². The van der Waals surface area contributed by atoms with Gasteiger partial charge in [-0.25, -0.2) is 0 Å². The maximum atomic E-state index is 11.0. The monoisotopic (exact) mass is 315 g/mol. The third-order valence-corrected chi connectivity index (χ3v) is 4.23. The third-order valence-electron chi connectivity index (χ3n) is 4.23. The van der Waals surface area contributed by atoms with Crippen molar-refractivity contribution in [2.45, 2.75) is 20.3 Å². The number of carbonyl (C=O) groups excluding carboxylic acids is 1. The second-order valence-corrected chi connectivity index (χ2v) is 5.82. The Morgan fingerprint density at radius 2 is 1.50 bits per heavy atom. The lowest BCUT2D eigenvalue weighted by atomic mass is 10.0.